The molecule has 0 saturated carbocycles. The van der Waals surface area contributed by atoms with Gasteiger partial charge in [0.15, 0.2) is 17.6 Å². The van der Waals surface area contributed by atoms with Crippen molar-refractivity contribution in [1.29, 1.82) is 0 Å². The summed E-state index contributed by atoms with van der Waals surface area (Å²) in [5, 5.41) is 4.19. The first-order valence-corrected chi connectivity index (χ1v) is 10.7. The van der Waals surface area contributed by atoms with E-state index in [0.29, 0.717) is 29.2 Å². The van der Waals surface area contributed by atoms with Gasteiger partial charge in [-0.1, -0.05) is 29.4 Å². The predicted octanol–water partition coefficient (Wildman–Crippen LogP) is 4.82. The van der Waals surface area contributed by atoms with Crippen LogP contribution in [-0.2, 0) is 11.4 Å². The van der Waals surface area contributed by atoms with E-state index >= 15 is 0 Å². The fraction of sp³-hybridized carbons (Fsp3) is 0.231. The Balaban J connectivity index is 1.53. The maximum Gasteiger partial charge on any atom is 0.254 e. The zero-order valence-electron chi connectivity index (χ0n) is 18.8. The molecule has 0 bridgehead atoms. The molecule has 1 heterocycles. The maximum absolute atomic E-state index is 14.3. The standard InChI is InChI=1S/C26H24F2N2O4/c1-32-24-11-10-17(13-25(24)33-2)23-14-21(34-29-23)16-30(15-19-6-3-4-9-22(19)28)26(31)18-7-5-8-20(27)12-18/h3-13,21H,14-16H2,1-2H3. The summed E-state index contributed by atoms with van der Waals surface area (Å²) in [6.07, 6.45) is -0.0213. The molecule has 34 heavy (non-hydrogen) atoms. The average Bonchev–Trinajstić information content (AvgIpc) is 3.32. The van der Waals surface area contributed by atoms with Crippen LogP contribution >= 0.6 is 0 Å². The molecule has 0 radical (unpaired) electrons. The molecule has 1 atom stereocenters. The minimum atomic E-state index is -0.520. The number of amides is 1. The summed E-state index contributed by atoms with van der Waals surface area (Å²) in [7, 11) is 3.11. The van der Waals surface area contributed by atoms with E-state index in [2.05, 4.69) is 5.16 Å². The van der Waals surface area contributed by atoms with Crippen molar-refractivity contribution in [1.82, 2.24) is 4.90 Å². The Labute approximate surface area is 196 Å². The fourth-order valence-corrected chi connectivity index (χ4v) is 3.81. The van der Waals surface area contributed by atoms with Crippen molar-refractivity contribution in [2.24, 2.45) is 5.16 Å². The second-order valence-electron chi connectivity index (χ2n) is 7.83. The van der Waals surface area contributed by atoms with E-state index in [9.17, 15) is 13.6 Å². The second-order valence-corrected chi connectivity index (χ2v) is 7.83. The highest BCUT2D eigenvalue weighted by Gasteiger charge is 2.28. The fourth-order valence-electron chi connectivity index (χ4n) is 3.81. The molecular formula is C26H24F2N2O4. The van der Waals surface area contributed by atoms with Gasteiger partial charge in [-0.15, -0.1) is 0 Å². The van der Waals surface area contributed by atoms with Crippen LogP contribution in [-0.4, -0.2) is 43.4 Å². The lowest BCUT2D eigenvalue weighted by Gasteiger charge is -2.25. The highest BCUT2D eigenvalue weighted by Crippen LogP contribution is 2.30. The summed E-state index contributed by atoms with van der Waals surface area (Å²) in [4.78, 5) is 20.3. The minimum Gasteiger partial charge on any atom is -0.493 e. The molecule has 0 aromatic heterocycles. The molecule has 0 aliphatic carbocycles. The van der Waals surface area contributed by atoms with E-state index in [1.807, 2.05) is 6.07 Å². The number of ether oxygens (including phenoxy) is 2. The summed E-state index contributed by atoms with van der Waals surface area (Å²) in [5.74, 6) is -0.208. The van der Waals surface area contributed by atoms with Crippen molar-refractivity contribution in [3.63, 3.8) is 0 Å². The van der Waals surface area contributed by atoms with Crippen LogP contribution in [0.3, 0.4) is 0 Å². The summed E-state index contributed by atoms with van der Waals surface area (Å²) >= 11 is 0. The second kappa shape index (κ2) is 10.3. The number of carbonyl (C=O) groups excluding carboxylic acids is 1. The number of carbonyl (C=O) groups is 1. The first kappa shape index (κ1) is 23.2. The number of halogens is 2. The van der Waals surface area contributed by atoms with Gasteiger partial charge in [-0.3, -0.25) is 4.79 Å². The maximum atomic E-state index is 14.3. The van der Waals surface area contributed by atoms with Crippen LogP contribution in [0.2, 0.25) is 0 Å². The average molecular weight is 466 g/mol. The highest BCUT2D eigenvalue weighted by atomic mass is 19.1. The number of hydrogen-bond acceptors (Lipinski definition) is 5. The number of hydrogen-bond donors (Lipinski definition) is 0. The topological polar surface area (TPSA) is 60.4 Å². The van der Waals surface area contributed by atoms with Crippen molar-refractivity contribution in [3.05, 3.63) is 95.1 Å². The third kappa shape index (κ3) is 5.17. The van der Waals surface area contributed by atoms with Crippen LogP contribution in [0.15, 0.2) is 71.9 Å². The zero-order chi connectivity index (χ0) is 24.1. The van der Waals surface area contributed by atoms with E-state index in [0.717, 1.165) is 11.6 Å². The van der Waals surface area contributed by atoms with Gasteiger partial charge in [-0.2, -0.15) is 0 Å². The van der Waals surface area contributed by atoms with Gasteiger partial charge in [0, 0.05) is 29.7 Å². The Hall–Kier alpha value is -3.94. The van der Waals surface area contributed by atoms with Gasteiger partial charge in [0.1, 0.15) is 11.6 Å². The summed E-state index contributed by atoms with van der Waals surface area (Å²) in [5.41, 5.74) is 2.02. The normalized spacial score (nSPS) is 14.8. The molecule has 8 heteroatoms. The Kier molecular flexibility index (Phi) is 7.06. The largest absolute Gasteiger partial charge is 0.493 e. The van der Waals surface area contributed by atoms with Crippen LogP contribution in [0.4, 0.5) is 8.78 Å². The molecule has 0 spiro atoms. The number of nitrogens with zero attached hydrogens (tertiary/aromatic N) is 2. The monoisotopic (exact) mass is 466 g/mol. The van der Waals surface area contributed by atoms with Crippen molar-refractivity contribution < 1.29 is 27.9 Å². The number of methoxy groups -OCH3 is 2. The number of benzene rings is 3. The quantitative estimate of drug-likeness (QED) is 0.478. The van der Waals surface area contributed by atoms with Crippen LogP contribution in [0.1, 0.15) is 27.9 Å². The van der Waals surface area contributed by atoms with E-state index in [1.54, 1.807) is 44.6 Å². The minimum absolute atomic E-state index is 0.00751. The predicted molar refractivity (Wildman–Crippen MR) is 123 cm³/mol. The molecule has 1 aliphatic heterocycles. The molecule has 0 N–H and O–H groups in total. The lowest BCUT2D eigenvalue weighted by atomic mass is 10.0. The van der Waals surface area contributed by atoms with Gasteiger partial charge in [0.2, 0.25) is 0 Å². The van der Waals surface area contributed by atoms with Gasteiger partial charge in [0.05, 0.1) is 26.5 Å². The molecular weight excluding hydrogens is 442 g/mol. The molecule has 0 saturated heterocycles. The van der Waals surface area contributed by atoms with Crippen LogP contribution in [0.5, 0.6) is 11.5 Å². The zero-order valence-corrected chi connectivity index (χ0v) is 18.8. The van der Waals surface area contributed by atoms with Gasteiger partial charge in [-0.05, 0) is 42.5 Å². The SMILES string of the molecule is COc1ccc(C2=NOC(CN(Cc3ccccc3F)C(=O)c3cccc(F)c3)C2)cc1OC. The lowest BCUT2D eigenvalue weighted by Crippen LogP contribution is -2.37. The molecule has 1 unspecified atom stereocenters. The van der Waals surface area contributed by atoms with Crippen molar-refractivity contribution in [2.45, 2.75) is 19.1 Å². The Bertz CT molecular complexity index is 1210. The van der Waals surface area contributed by atoms with Crippen LogP contribution in [0.25, 0.3) is 0 Å². The van der Waals surface area contributed by atoms with Gasteiger partial charge < -0.3 is 19.2 Å². The molecule has 3 aromatic carbocycles. The smallest absolute Gasteiger partial charge is 0.254 e. The van der Waals surface area contributed by atoms with E-state index in [4.69, 9.17) is 14.3 Å². The third-order valence-electron chi connectivity index (χ3n) is 5.55. The summed E-state index contributed by atoms with van der Waals surface area (Å²) in [6.45, 7) is 0.150. The Morgan fingerprint density at radius 1 is 1.03 bits per heavy atom. The Morgan fingerprint density at radius 3 is 2.56 bits per heavy atom. The van der Waals surface area contributed by atoms with Crippen LogP contribution < -0.4 is 9.47 Å². The first-order valence-electron chi connectivity index (χ1n) is 10.7. The molecule has 0 fully saturated rings. The van der Waals surface area contributed by atoms with E-state index in [-0.39, 0.29) is 18.7 Å². The lowest BCUT2D eigenvalue weighted by molar-refractivity contribution is 0.0402. The van der Waals surface area contributed by atoms with E-state index in [1.165, 1.54) is 29.2 Å². The molecule has 1 aliphatic rings. The molecule has 6 nitrogen and oxygen atoms in total. The molecule has 176 valence electrons. The third-order valence-corrected chi connectivity index (χ3v) is 5.55. The van der Waals surface area contributed by atoms with Crippen molar-refractivity contribution >= 4 is 11.6 Å². The highest BCUT2D eigenvalue weighted by molar-refractivity contribution is 6.02. The van der Waals surface area contributed by atoms with Gasteiger partial charge >= 0.3 is 0 Å². The summed E-state index contributed by atoms with van der Waals surface area (Å²) < 4.78 is 38.7. The first-order chi connectivity index (χ1) is 16.5. The van der Waals surface area contributed by atoms with Crippen LogP contribution in [0, 0.1) is 11.6 Å². The summed E-state index contributed by atoms with van der Waals surface area (Å²) in [6, 6.07) is 17.1. The van der Waals surface area contributed by atoms with Crippen molar-refractivity contribution in [2.75, 3.05) is 20.8 Å². The van der Waals surface area contributed by atoms with Gasteiger partial charge in [0.25, 0.3) is 5.91 Å². The van der Waals surface area contributed by atoms with Gasteiger partial charge in [-0.25, -0.2) is 8.78 Å². The molecule has 4 rings (SSSR count). The molecule has 3 aromatic rings. The Morgan fingerprint density at radius 2 is 1.82 bits per heavy atom. The molecule has 1 amide bonds. The van der Waals surface area contributed by atoms with E-state index < -0.39 is 23.6 Å². The van der Waals surface area contributed by atoms with Crippen molar-refractivity contribution in [3.8, 4) is 11.5 Å². The number of oxime groups is 1. The number of rotatable bonds is 8.